The van der Waals surface area contributed by atoms with E-state index in [1.54, 1.807) is 0 Å². The fourth-order valence-corrected chi connectivity index (χ4v) is 3.30. The van der Waals surface area contributed by atoms with Crippen molar-refractivity contribution in [3.8, 4) is 0 Å². The Bertz CT molecular complexity index is 540. The number of aliphatic hydroxyl groups is 1. The van der Waals surface area contributed by atoms with Crippen molar-refractivity contribution < 1.29 is 5.11 Å². The van der Waals surface area contributed by atoms with Crippen molar-refractivity contribution in [3.63, 3.8) is 0 Å². The van der Waals surface area contributed by atoms with Crippen LogP contribution in [0.1, 0.15) is 57.1 Å². The first-order chi connectivity index (χ1) is 12.2. The van der Waals surface area contributed by atoms with Gasteiger partial charge in [0, 0.05) is 6.54 Å². The average molecular weight is 376 g/mol. The first-order valence-electron chi connectivity index (χ1n) is 9.76. The molecule has 0 bridgehead atoms. The van der Waals surface area contributed by atoms with E-state index < -0.39 is 5.60 Å². The summed E-state index contributed by atoms with van der Waals surface area (Å²) >= 11 is 0. The third-order valence-corrected chi connectivity index (χ3v) is 4.95. The Morgan fingerprint density at radius 3 is 1.54 bits per heavy atom. The van der Waals surface area contributed by atoms with Gasteiger partial charge in [-0.25, -0.2) is 0 Å². The molecule has 1 N–H and O–H groups in total. The van der Waals surface area contributed by atoms with Gasteiger partial charge in [-0.1, -0.05) is 87.4 Å². The van der Waals surface area contributed by atoms with Crippen LogP contribution in [0.2, 0.25) is 0 Å². The fourth-order valence-electron chi connectivity index (χ4n) is 3.30. The lowest BCUT2D eigenvalue weighted by molar-refractivity contribution is 0.0568. The summed E-state index contributed by atoms with van der Waals surface area (Å²) in [4.78, 5) is 2.52. The minimum absolute atomic E-state index is 0. The van der Waals surface area contributed by atoms with Crippen LogP contribution in [0.5, 0.6) is 0 Å². The normalized spacial score (nSPS) is 11.4. The molecule has 2 aromatic rings. The van der Waals surface area contributed by atoms with Gasteiger partial charge in [0.25, 0.3) is 0 Å². The Morgan fingerprint density at radius 2 is 1.15 bits per heavy atom. The van der Waals surface area contributed by atoms with Crippen LogP contribution in [0, 0.1) is 0 Å². The van der Waals surface area contributed by atoms with Crippen molar-refractivity contribution >= 4 is 12.4 Å². The van der Waals surface area contributed by atoms with Gasteiger partial charge in [-0.15, -0.1) is 12.4 Å². The van der Waals surface area contributed by atoms with Crippen molar-refractivity contribution in [2.75, 3.05) is 19.6 Å². The molecule has 0 heterocycles. The highest BCUT2D eigenvalue weighted by Gasteiger charge is 2.31. The van der Waals surface area contributed by atoms with Gasteiger partial charge >= 0.3 is 0 Å². The first kappa shape index (κ1) is 22.7. The second-order valence-corrected chi connectivity index (χ2v) is 6.89. The van der Waals surface area contributed by atoms with Gasteiger partial charge in [-0.3, -0.25) is 0 Å². The minimum Gasteiger partial charge on any atom is -0.380 e. The molecule has 3 heteroatoms. The fraction of sp³-hybridized carbons (Fsp3) is 0.478. The Kier molecular flexibility index (Phi) is 10.6. The highest BCUT2D eigenvalue weighted by Crippen LogP contribution is 2.33. The summed E-state index contributed by atoms with van der Waals surface area (Å²) in [5, 5.41) is 11.6. The summed E-state index contributed by atoms with van der Waals surface area (Å²) in [5.41, 5.74) is 1.03. The number of unbranched alkanes of at least 4 members (excludes halogenated alkanes) is 2. The smallest absolute Gasteiger partial charge is 0.116 e. The van der Waals surface area contributed by atoms with Crippen molar-refractivity contribution in [3.05, 3.63) is 71.8 Å². The van der Waals surface area contributed by atoms with E-state index in [0.29, 0.717) is 6.42 Å². The van der Waals surface area contributed by atoms with Gasteiger partial charge in [0.2, 0.25) is 0 Å². The molecule has 0 saturated heterocycles. The molecule has 0 aliphatic rings. The van der Waals surface area contributed by atoms with E-state index in [4.69, 9.17) is 0 Å². The number of halogens is 1. The van der Waals surface area contributed by atoms with Crippen LogP contribution in [-0.4, -0.2) is 29.6 Å². The first-order valence-corrected chi connectivity index (χ1v) is 9.76. The molecule has 2 nitrogen and oxygen atoms in total. The summed E-state index contributed by atoms with van der Waals surface area (Å²) in [5.74, 6) is 0. The topological polar surface area (TPSA) is 23.5 Å². The molecule has 0 saturated carbocycles. The van der Waals surface area contributed by atoms with E-state index in [1.165, 1.54) is 25.7 Å². The monoisotopic (exact) mass is 375 g/mol. The van der Waals surface area contributed by atoms with Crippen LogP contribution < -0.4 is 0 Å². The summed E-state index contributed by atoms with van der Waals surface area (Å²) in [6, 6.07) is 20.2. The second kappa shape index (κ2) is 12.1. The molecule has 0 fully saturated rings. The lowest BCUT2D eigenvalue weighted by atomic mass is 9.83. The van der Waals surface area contributed by atoms with E-state index >= 15 is 0 Å². The van der Waals surface area contributed by atoms with Gasteiger partial charge in [0.15, 0.2) is 0 Å². The van der Waals surface area contributed by atoms with E-state index in [-0.39, 0.29) is 12.4 Å². The molecule has 26 heavy (non-hydrogen) atoms. The third kappa shape index (κ3) is 6.42. The van der Waals surface area contributed by atoms with Crippen LogP contribution in [0.3, 0.4) is 0 Å². The standard InChI is InChI=1S/C23H33NO.ClH/c1-3-5-18-24(19-6-4-2)20-17-23(25,21-13-9-7-10-14-21)22-15-11-8-12-16-22;/h7-16,25H,3-6,17-20H2,1-2H3;1H. The van der Waals surface area contributed by atoms with Crippen molar-refractivity contribution in [1.29, 1.82) is 0 Å². The Morgan fingerprint density at radius 1 is 0.731 bits per heavy atom. The lowest BCUT2D eigenvalue weighted by Gasteiger charge is -2.32. The average Bonchev–Trinajstić information content (AvgIpc) is 2.68. The molecule has 0 atom stereocenters. The van der Waals surface area contributed by atoms with E-state index in [1.807, 2.05) is 60.7 Å². The second-order valence-electron chi connectivity index (χ2n) is 6.89. The van der Waals surface area contributed by atoms with Crippen LogP contribution >= 0.6 is 12.4 Å². The van der Waals surface area contributed by atoms with Crippen LogP contribution in [-0.2, 0) is 5.60 Å². The number of hydrogen-bond acceptors (Lipinski definition) is 2. The van der Waals surface area contributed by atoms with Crippen LogP contribution in [0.4, 0.5) is 0 Å². The molecule has 0 aliphatic carbocycles. The number of hydrogen-bond donors (Lipinski definition) is 1. The van der Waals surface area contributed by atoms with Gasteiger partial charge in [0.05, 0.1) is 0 Å². The van der Waals surface area contributed by atoms with Crippen molar-refractivity contribution in [2.45, 2.75) is 51.6 Å². The molecule has 2 rings (SSSR count). The Hall–Kier alpha value is -1.35. The minimum atomic E-state index is -0.931. The molecular weight excluding hydrogens is 342 g/mol. The predicted octanol–water partition coefficient (Wildman–Crippen LogP) is 5.64. The highest BCUT2D eigenvalue weighted by atomic mass is 35.5. The SMILES string of the molecule is CCCCN(CCCC)CCC(O)(c1ccccc1)c1ccccc1.Cl. The molecule has 0 aliphatic heterocycles. The number of benzene rings is 2. The molecule has 0 aromatic heterocycles. The zero-order valence-electron chi connectivity index (χ0n) is 16.2. The summed E-state index contributed by atoms with van der Waals surface area (Å²) in [7, 11) is 0. The summed E-state index contributed by atoms with van der Waals surface area (Å²) in [6.07, 6.45) is 5.58. The summed E-state index contributed by atoms with van der Waals surface area (Å²) < 4.78 is 0. The van der Waals surface area contributed by atoms with E-state index in [9.17, 15) is 5.11 Å². The maximum Gasteiger partial charge on any atom is 0.116 e. The van der Waals surface area contributed by atoms with Gasteiger partial charge in [0.1, 0.15) is 5.60 Å². The van der Waals surface area contributed by atoms with E-state index in [2.05, 4.69) is 18.7 Å². The Labute approximate surface area is 165 Å². The van der Waals surface area contributed by atoms with Gasteiger partial charge in [-0.05, 0) is 43.5 Å². The molecule has 0 spiro atoms. The van der Waals surface area contributed by atoms with Gasteiger partial charge < -0.3 is 10.0 Å². The molecule has 2 aromatic carbocycles. The highest BCUT2D eigenvalue weighted by molar-refractivity contribution is 5.85. The zero-order chi connectivity index (χ0) is 18.0. The molecule has 144 valence electrons. The van der Waals surface area contributed by atoms with Crippen molar-refractivity contribution in [2.24, 2.45) is 0 Å². The molecule has 0 unspecified atom stereocenters. The zero-order valence-corrected chi connectivity index (χ0v) is 17.0. The largest absolute Gasteiger partial charge is 0.380 e. The molecule has 0 radical (unpaired) electrons. The molecular formula is C23H34ClNO. The van der Waals surface area contributed by atoms with E-state index in [0.717, 1.165) is 30.8 Å². The quantitative estimate of drug-likeness (QED) is 0.549. The van der Waals surface area contributed by atoms with Crippen molar-refractivity contribution in [1.82, 2.24) is 4.90 Å². The lowest BCUT2D eigenvalue weighted by Crippen LogP contribution is -2.35. The predicted molar refractivity (Wildman–Crippen MR) is 114 cm³/mol. The van der Waals surface area contributed by atoms with Gasteiger partial charge in [-0.2, -0.15) is 0 Å². The Balaban J connectivity index is 0.00000338. The third-order valence-electron chi connectivity index (χ3n) is 4.95. The summed E-state index contributed by atoms with van der Waals surface area (Å²) in [6.45, 7) is 7.64. The maximum atomic E-state index is 11.6. The molecule has 0 amide bonds. The van der Waals surface area contributed by atoms with Crippen LogP contribution in [0.15, 0.2) is 60.7 Å². The number of rotatable bonds is 11. The maximum absolute atomic E-state index is 11.6. The number of nitrogens with zero attached hydrogens (tertiary/aromatic N) is 1. The van der Waals surface area contributed by atoms with Crippen LogP contribution in [0.25, 0.3) is 0 Å².